The third kappa shape index (κ3) is 8.97. The summed E-state index contributed by atoms with van der Waals surface area (Å²) in [5.41, 5.74) is 0. The van der Waals surface area contributed by atoms with Crippen molar-refractivity contribution >= 4 is 30.7 Å². The number of piperidine rings is 1. The summed E-state index contributed by atoms with van der Waals surface area (Å²) in [6.07, 6.45) is 3.23. The lowest BCUT2D eigenvalue weighted by atomic mass is 10.0. The largest absolute Gasteiger partial charge is 0.355 e. The third-order valence-electron chi connectivity index (χ3n) is 3.09. The van der Waals surface area contributed by atoms with Crippen molar-refractivity contribution in [3.63, 3.8) is 0 Å². The number of nitrogens with one attached hydrogen (secondary N) is 2. The minimum absolute atomic E-state index is 0. The zero-order valence-corrected chi connectivity index (χ0v) is 13.0. The maximum atomic E-state index is 11.3. The molecular weight excluding hydrogens is 273 g/mol. The number of hydrogen-bond acceptors (Lipinski definition) is 3. The number of carbonyl (C=O) groups is 1. The minimum Gasteiger partial charge on any atom is -0.355 e. The average Bonchev–Trinajstić information content (AvgIpc) is 2.26. The number of carbonyl (C=O) groups excluding carboxylic acids is 1. The fraction of sp³-hybridized carbons (Fsp3) is 0.917. The number of nitrogens with zero attached hydrogens (tertiary/aromatic N) is 1. The molecule has 1 rings (SSSR count). The molecule has 6 heteroatoms. The van der Waals surface area contributed by atoms with Crippen molar-refractivity contribution in [3.05, 3.63) is 0 Å². The Hall–Kier alpha value is -0.0300. The van der Waals surface area contributed by atoms with E-state index in [4.69, 9.17) is 0 Å². The lowest BCUT2D eigenvalue weighted by Gasteiger charge is -2.30. The van der Waals surface area contributed by atoms with Gasteiger partial charge in [-0.25, -0.2) is 0 Å². The first-order valence-electron chi connectivity index (χ1n) is 6.36. The highest BCUT2D eigenvalue weighted by Crippen LogP contribution is 2.14. The molecule has 0 aromatic carbocycles. The number of halogens is 2. The van der Waals surface area contributed by atoms with Gasteiger partial charge in [0.2, 0.25) is 5.91 Å². The predicted molar refractivity (Wildman–Crippen MR) is 80.9 cm³/mol. The maximum absolute atomic E-state index is 11.3. The fourth-order valence-corrected chi connectivity index (χ4v) is 2.17. The lowest BCUT2D eigenvalue weighted by molar-refractivity contribution is -0.121. The number of rotatable bonds is 6. The van der Waals surface area contributed by atoms with Gasteiger partial charge in [0.15, 0.2) is 0 Å². The molecule has 4 nitrogen and oxygen atoms in total. The highest BCUT2D eigenvalue weighted by atomic mass is 35.5. The molecule has 0 aromatic rings. The van der Waals surface area contributed by atoms with Crippen LogP contribution in [0, 0.1) is 5.92 Å². The first kappa shape index (κ1) is 20.3. The Labute approximate surface area is 123 Å². The number of amides is 1. The van der Waals surface area contributed by atoms with Gasteiger partial charge in [-0.05, 0) is 32.4 Å². The van der Waals surface area contributed by atoms with E-state index in [0.717, 1.165) is 25.6 Å². The van der Waals surface area contributed by atoms with Crippen LogP contribution < -0.4 is 10.6 Å². The van der Waals surface area contributed by atoms with Crippen molar-refractivity contribution in [1.82, 2.24) is 15.5 Å². The van der Waals surface area contributed by atoms with E-state index in [1.807, 2.05) is 7.05 Å². The summed E-state index contributed by atoms with van der Waals surface area (Å²) in [5, 5.41) is 5.93. The molecule has 1 unspecified atom stereocenters. The smallest absolute Gasteiger partial charge is 0.221 e. The third-order valence-corrected chi connectivity index (χ3v) is 3.09. The van der Waals surface area contributed by atoms with Crippen molar-refractivity contribution in [1.29, 1.82) is 0 Å². The molecule has 2 N–H and O–H groups in total. The van der Waals surface area contributed by atoms with Gasteiger partial charge in [0, 0.05) is 32.6 Å². The molecule has 1 saturated heterocycles. The molecule has 1 amide bonds. The van der Waals surface area contributed by atoms with Crippen molar-refractivity contribution < 1.29 is 4.79 Å². The van der Waals surface area contributed by atoms with Crippen LogP contribution >= 0.6 is 24.8 Å². The Bertz CT molecular complexity index is 217. The lowest BCUT2D eigenvalue weighted by Crippen LogP contribution is -2.40. The SMILES string of the molecule is CNCCC(=O)NCCN1CCCC(C)C1.Cl.Cl. The molecule has 1 aliphatic heterocycles. The van der Waals surface area contributed by atoms with E-state index < -0.39 is 0 Å². The number of hydrogen-bond donors (Lipinski definition) is 2. The second-order valence-electron chi connectivity index (χ2n) is 4.75. The van der Waals surface area contributed by atoms with E-state index >= 15 is 0 Å². The molecule has 0 radical (unpaired) electrons. The average molecular weight is 300 g/mol. The maximum Gasteiger partial charge on any atom is 0.221 e. The fourth-order valence-electron chi connectivity index (χ4n) is 2.17. The van der Waals surface area contributed by atoms with Crippen LogP contribution in [-0.4, -0.2) is 50.6 Å². The van der Waals surface area contributed by atoms with Gasteiger partial charge in [-0.2, -0.15) is 0 Å². The molecular formula is C12H27Cl2N3O. The summed E-state index contributed by atoms with van der Waals surface area (Å²) >= 11 is 0. The van der Waals surface area contributed by atoms with Crippen LogP contribution in [0.5, 0.6) is 0 Å². The van der Waals surface area contributed by atoms with Crippen LogP contribution in [0.1, 0.15) is 26.2 Å². The molecule has 0 aliphatic carbocycles. The normalized spacial score (nSPS) is 19.6. The Morgan fingerprint density at radius 1 is 1.33 bits per heavy atom. The standard InChI is InChI=1S/C12H25N3O.2ClH/c1-11-4-3-8-15(10-11)9-7-14-12(16)5-6-13-2;;/h11,13H,3-10H2,1-2H3,(H,14,16);2*1H. The minimum atomic E-state index is 0. The van der Waals surface area contributed by atoms with Crippen LogP contribution in [0.2, 0.25) is 0 Å². The van der Waals surface area contributed by atoms with E-state index in [-0.39, 0.29) is 30.7 Å². The Morgan fingerprint density at radius 3 is 2.67 bits per heavy atom. The quantitative estimate of drug-likeness (QED) is 0.777. The van der Waals surface area contributed by atoms with Crippen molar-refractivity contribution in [2.24, 2.45) is 5.92 Å². The van der Waals surface area contributed by atoms with Gasteiger partial charge in [0.1, 0.15) is 0 Å². The summed E-state index contributed by atoms with van der Waals surface area (Å²) in [6, 6.07) is 0. The highest BCUT2D eigenvalue weighted by Gasteiger charge is 2.15. The Kier molecular flexibility index (Phi) is 13.6. The first-order valence-corrected chi connectivity index (χ1v) is 6.36. The Morgan fingerprint density at radius 2 is 2.06 bits per heavy atom. The molecule has 1 heterocycles. The van der Waals surface area contributed by atoms with Crippen molar-refractivity contribution in [3.8, 4) is 0 Å². The summed E-state index contributed by atoms with van der Waals surface area (Å²) in [7, 11) is 1.86. The summed E-state index contributed by atoms with van der Waals surface area (Å²) in [4.78, 5) is 13.8. The summed E-state index contributed by atoms with van der Waals surface area (Å²) in [6.45, 7) is 7.22. The molecule has 0 spiro atoms. The zero-order chi connectivity index (χ0) is 11.8. The van der Waals surface area contributed by atoms with Gasteiger partial charge in [-0.1, -0.05) is 6.92 Å². The van der Waals surface area contributed by atoms with Crippen LogP contribution in [0.4, 0.5) is 0 Å². The van der Waals surface area contributed by atoms with Crippen molar-refractivity contribution in [2.75, 3.05) is 39.8 Å². The van der Waals surface area contributed by atoms with E-state index in [2.05, 4.69) is 22.5 Å². The predicted octanol–water partition coefficient (Wildman–Crippen LogP) is 1.29. The van der Waals surface area contributed by atoms with Crippen LogP contribution in [0.15, 0.2) is 0 Å². The van der Waals surface area contributed by atoms with Gasteiger partial charge in [-0.15, -0.1) is 24.8 Å². The van der Waals surface area contributed by atoms with Crippen molar-refractivity contribution in [2.45, 2.75) is 26.2 Å². The van der Waals surface area contributed by atoms with E-state index in [1.54, 1.807) is 0 Å². The molecule has 1 atom stereocenters. The number of likely N-dealkylation sites (tertiary alicyclic amines) is 1. The topological polar surface area (TPSA) is 44.4 Å². The van der Waals surface area contributed by atoms with Crippen LogP contribution in [0.25, 0.3) is 0 Å². The van der Waals surface area contributed by atoms with Gasteiger partial charge < -0.3 is 15.5 Å². The monoisotopic (exact) mass is 299 g/mol. The van der Waals surface area contributed by atoms with Gasteiger partial charge in [0.05, 0.1) is 0 Å². The second kappa shape index (κ2) is 12.0. The van der Waals surface area contributed by atoms with E-state index in [9.17, 15) is 4.79 Å². The Balaban J connectivity index is 0. The summed E-state index contributed by atoms with van der Waals surface area (Å²) in [5.74, 6) is 0.966. The molecule has 1 aliphatic rings. The van der Waals surface area contributed by atoms with Gasteiger partial charge in [0.25, 0.3) is 0 Å². The van der Waals surface area contributed by atoms with Crippen LogP contribution in [-0.2, 0) is 4.79 Å². The second-order valence-corrected chi connectivity index (χ2v) is 4.75. The molecule has 110 valence electrons. The van der Waals surface area contributed by atoms with E-state index in [0.29, 0.717) is 6.42 Å². The first-order chi connectivity index (χ1) is 7.72. The van der Waals surface area contributed by atoms with Gasteiger partial charge >= 0.3 is 0 Å². The molecule has 0 aromatic heterocycles. The summed E-state index contributed by atoms with van der Waals surface area (Å²) < 4.78 is 0. The molecule has 18 heavy (non-hydrogen) atoms. The zero-order valence-electron chi connectivity index (χ0n) is 11.4. The van der Waals surface area contributed by atoms with Crippen LogP contribution in [0.3, 0.4) is 0 Å². The molecule has 0 saturated carbocycles. The van der Waals surface area contributed by atoms with Gasteiger partial charge in [-0.3, -0.25) is 4.79 Å². The molecule has 1 fully saturated rings. The molecule has 0 bridgehead atoms. The van der Waals surface area contributed by atoms with E-state index in [1.165, 1.54) is 25.9 Å². The highest BCUT2D eigenvalue weighted by molar-refractivity contribution is 5.85.